The number of hydrogen-bond acceptors (Lipinski definition) is 3. The standard InChI is InChI=1S/C37H22N2OS/c1-2-8-23(9-3-1)25-16-20-33-29(22-25)35-34(40-33)21-19-30-36(35)41-37(38-30)24-14-17-26(18-15-24)39-31-12-6-4-10-27(31)28-11-5-7-13-32(28)39/h1-22H. The summed E-state index contributed by atoms with van der Waals surface area (Å²) in [6, 6.07) is 47.1. The van der Waals surface area contributed by atoms with Gasteiger partial charge < -0.3 is 8.98 Å². The van der Waals surface area contributed by atoms with Gasteiger partial charge in [0.1, 0.15) is 16.2 Å². The Labute approximate surface area is 239 Å². The van der Waals surface area contributed by atoms with Gasteiger partial charge in [0.05, 0.1) is 21.3 Å². The Hall–Kier alpha value is -5.19. The first-order valence-corrected chi connectivity index (χ1v) is 14.5. The molecule has 0 aliphatic rings. The summed E-state index contributed by atoms with van der Waals surface area (Å²) in [5.74, 6) is 0. The van der Waals surface area contributed by atoms with Crippen LogP contribution in [0.25, 0.3) is 81.3 Å². The molecule has 0 aliphatic heterocycles. The maximum atomic E-state index is 6.27. The van der Waals surface area contributed by atoms with Gasteiger partial charge in [-0.3, -0.25) is 0 Å². The van der Waals surface area contributed by atoms with E-state index in [1.807, 2.05) is 6.07 Å². The number of para-hydroxylation sites is 2. The third-order valence-electron chi connectivity index (χ3n) is 8.05. The van der Waals surface area contributed by atoms with Crippen LogP contribution < -0.4 is 0 Å². The summed E-state index contributed by atoms with van der Waals surface area (Å²) in [6.45, 7) is 0. The van der Waals surface area contributed by atoms with E-state index in [2.05, 4.69) is 132 Å². The number of nitrogens with zero attached hydrogens (tertiary/aromatic N) is 2. The lowest BCUT2D eigenvalue weighted by atomic mass is 10.0. The minimum Gasteiger partial charge on any atom is -0.456 e. The largest absolute Gasteiger partial charge is 0.456 e. The molecular formula is C37H22N2OS. The highest BCUT2D eigenvalue weighted by Crippen LogP contribution is 2.41. The summed E-state index contributed by atoms with van der Waals surface area (Å²) >= 11 is 1.73. The molecule has 0 saturated heterocycles. The molecule has 0 amide bonds. The van der Waals surface area contributed by atoms with Crippen LogP contribution in [-0.2, 0) is 0 Å². The maximum absolute atomic E-state index is 6.27. The van der Waals surface area contributed by atoms with Crippen LogP contribution in [-0.4, -0.2) is 9.55 Å². The summed E-state index contributed by atoms with van der Waals surface area (Å²) in [4.78, 5) is 5.06. The molecule has 0 fully saturated rings. The van der Waals surface area contributed by atoms with Gasteiger partial charge in [-0.1, -0.05) is 72.8 Å². The molecule has 0 unspecified atom stereocenters. The Morgan fingerprint density at radius 3 is 1.95 bits per heavy atom. The van der Waals surface area contributed by atoms with Crippen LogP contribution in [0.15, 0.2) is 138 Å². The third-order valence-corrected chi connectivity index (χ3v) is 9.19. The van der Waals surface area contributed by atoms with Gasteiger partial charge in [-0.05, 0) is 71.8 Å². The van der Waals surface area contributed by atoms with E-state index >= 15 is 0 Å². The Kier molecular flexibility index (Phi) is 4.77. The van der Waals surface area contributed by atoms with Crippen LogP contribution in [0.4, 0.5) is 0 Å². The van der Waals surface area contributed by atoms with Crippen molar-refractivity contribution in [3.8, 4) is 27.4 Å². The highest BCUT2D eigenvalue weighted by Gasteiger charge is 2.17. The molecular weight excluding hydrogens is 520 g/mol. The van der Waals surface area contributed by atoms with Crippen molar-refractivity contribution in [1.29, 1.82) is 0 Å². The average Bonchev–Trinajstić information content (AvgIpc) is 3.73. The molecule has 41 heavy (non-hydrogen) atoms. The second-order valence-corrected chi connectivity index (χ2v) is 11.4. The summed E-state index contributed by atoms with van der Waals surface area (Å²) in [5, 5.41) is 5.81. The molecule has 3 nitrogen and oxygen atoms in total. The Balaban J connectivity index is 1.18. The first-order valence-electron chi connectivity index (χ1n) is 13.7. The van der Waals surface area contributed by atoms with E-state index in [0.717, 1.165) is 48.4 Å². The quantitative estimate of drug-likeness (QED) is 0.222. The lowest BCUT2D eigenvalue weighted by Gasteiger charge is -2.08. The van der Waals surface area contributed by atoms with Gasteiger partial charge in [-0.15, -0.1) is 11.3 Å². The number of benzene rings is 6. The van der Waals surface area contributed by atoms with E-state index in [0.29, 0.717) is 0 Å². The molecule has 0 atom stereocenters. The second-order valence-electron chi connectivity index (χ2n) is 10.4. The first-order chi connectivity index (χ1) is 20.3. The molecule has 6 aromatic carbocycles. The summed E-state index contributed by atoms with van der Waals surface area (Å²) in [7, 11) is 0. The Bertz CT molecular complexity index is 2360. The fourth-order valence-electron chi connectivity index (χ4n) is 6.13. The molecule has 0 bridgehead atoms. The fraction of sp³-hybridized carbons (Fsp3) is 0. The first kappa shape index (κ1) is 22.6. The van der Waals surface area contributed by atoms with Crippen molar-refractivity contribution in [1.82, 2.24) is 9.55 Å². The lowest BCUT2D eigenvalue weighted by molar-refractivity contribution is 0.669. The zero-order valence-corrected chi connectivity index (χ0v) is 22.7. The number of thiazole rings is 1. The van der Waals surface area contributed by atoms with E-state index in [4.69, 9.17) is 9.40 Å². The topological polar surface area (TPSA) is 31.0 Å². The van der Waals surface area contributed by atoms with Gasteiger partial charge in [-0.2, -0.15) is 0 Å². The molecule has 3 aromatic heterocycles. The number of aromatic nitrogens is 2. The Morgan fingerprint density at radius 1 is 0.537 bits per heavy atom. The van der Waals surface area contributed by atoms with Crippen molar-refractivity contribution < 1.29 is 4.42 Å². The lowest BCUT2D eigenvalue weighted by Crippen LogP contribution is -1.93. The highest BCUT2D eigenvalue weighted by atomic mass is 32.1. The third kappa shape index (κ3) is 3.41. The van der Waals surface area contributed by atoms with E-state index in [1.54, 1.807) is 11.3 Å². The van der Waals surface area contributed by atoms with E-state index in [9.17, 15) is 0 Å². The van der Waals surface area contributed by atoms with Crippen LogP contribution in [0.5, 0.6) is 0 Å². The van der Waals surface area contributed by atoms with Crippen molar-refractivity contribution in [2.24, 2.45) is 0 Å². The molecule has 0 saturated carbocycles. The molecule has 192 valence electrons. The zero-order chi connectivity index (χ0) is 26.9. The monoisotopic (exact) mass is 542 g/mol. The number of rotatable bonds is 3. The van der Waals surface area contributed by atoms with Crippen molar-refractivity contribution in [3.63, 3.8) is 0 Å². The van der Waals surface area contributed by atoms with Crippen molar-refractivity contribution in [2.75, 3.05) is 0 Å². The van der Waals surface area contributed by atoms with Gasteiger partial charge in [0.2, 0.25) is 0 Å². The second kappa shape index (κ2) is 8.65. The fourth-order valence-corrected chi connectivity index (χ4v) is 7.26. The zero-order valence-electron chi connectivity index (χ0n) is 21.9. The predicted octanol–water partition coefficient (Wildman–Crippen LogP) is 10.6. The average molecular weight is 543 g/mol. The summed E-state index contributed by atoms with van der Waals surface area (Å²) in [5.41, 5.74) is 9.86. The molecule has 4 heteroatoms. The SMILES string of the molecule is c1ccc(-c2ccc3oc4ccc5nc(-c6ccc(-n7c8ccccc8c8ccccc87)cc6)sc5c4c3c2)cc1. The molecule has 0 N–H and O–H groups in total. The van der Waals surface area contributed by atoms with E-state index in [1.165, 1.54) is 32.9 Å². The predicted molar refractivity (Wildman–Crippen MR) is 172 cm³/mol. The smallest absolute Gasteiger partial charge is 0.137 e. The van der Waals surface area contributed by atoms with Crippen LogP contribution in [0.1, 0.15) is 0 Å². The van der Waals surface area contributed by atoms with E-state index < -0.39 is 0 Å². The van der Waals surface area contributed by atoms with Gasteiger partial charge in [0.25, 0.3) is 0 Å². The molecule has 0 aliphatic carbocycles. The molecule has 0 spiro atoms. The van der Waals surface area contributed by atoms with Crippen LogP contribution in [0.3, 0.4) is 0 Å². The summed E-state index contributed by atoms with van der Waals surface area (Å²) in [6.07, 6.45) is 0. The molecule has 9 aromatic rings. The van der Waals surface area contributed by atoms with Crippen LogP contribution >= 0.6 is 11.3 Å². The highest BCUT2D eigenvalue weighted by molar-refractivity contribution is 7.22. The van der Waals surface area contributed by atoms with Gasteiger partial charge >= 0.3 is 0 Å². The number of fused-ring (bicyclic) bond motifs is 8. The number of furan rings is 1. The molecule has 0 radical (unpaired) electrons. The maximum Gasteiger partial charge on any atom is 0.137 e. The Morgan fingerprint density at radius 2 is 1.20 bits per heavy atom. The normalized spacial score (nSPS) is 11.9. The minimum absolute atomic E-state index is 0.898. The van der Waals surface area contributed by atoms with Crippen LogP contribution in [0.2, 0.25) is 0 Å². The van der Waals surface area contributed by atoms with Crippen molar-refractivity contribution in [2.45, 2.75) is 0 Å². The van der Waals surface area contributed by atoms with Crippen LogP contribution in [0, 0.1) is 0 Å². The van der Waals surface area contributed by atoms with Gasteiger partial charge in [-0.25, -0.2) is 4.98 Å². The van der Waals surface area contributed by atoms with E-state index in [-0.39, 0.29) is 0 Å². The molecule has 9 rings (SSSR count). The summed E-state index contributed by atoms with van der Waals surface area (Å²) < 4.78 is 9.78. The number of hydrogen-bond donors (Lipinski definition) is 0. The van der Waals surface area contributed by atoms with Gasteiger partial charge in [0, 0.05) is 32.8 Å². The molecule has 3 heterocycles. The van der Waals surface area contributed by atoms with Crippen molar-refractivity contribution >= 4 is 65.3 Å². The minimum atomic E-state index is 0.898. The van der Waals surface area contributed by atoms with Gasteiger partial charge in [0.15, 0.2) is 0 Å². The van der Waals surface area contributed by atoms with Crippen molar-refractivity contribution in [3.05, 3.63) is 133 Å².